The van der Waals surface area contributed by atoms with Crippen molar-refractivity contribution in [3.8, 4) is 0 Å². The molecule has 0 bridgehead atoms. The molecule has 133 heavy (non-hydrogen) atoms. The van der Waals surface area contributed by atoms with Crippen molar-refractivity contribution in [1.29, 1.82) is 0 Å². The lowest BCUT2D eigenvalue weighted by atomic mass is 9.89. The molecule has 0 radical (unpaired) electrons. The zero-order valence-electron chi connectivity index (χ0n) is 68.6. The molecule has 0 spiro atoms. The Morgan fingerprint density at radius 1 is 0.331 bits per heavy atom. The quantitative estimate of drug-likeness (QED) is 0.0254. The molecule has 0 saturated carbocycles. The largest absolute Gasteiger partial charge is 0.477 e. The van der Waals surface area contributed by atoms with Gasteiger partial charge in [0.15, 0.2) is 50.3 Å². The Hall–Kier alpha value is -2.92. The van der Waals surface area contributed by atoms with E-state index in [1.165, 1.54) is 0 Å². The minimum atomic E-state index is -6.45. The maximum atomic E-state index is 13.5. The molecule has 0 aromatic heterocycles. The smallest absolute Gasteiger partial charge is 0.470 e. The molecule has 66 heteroatoms. The van der Waals surface area contributed by atoms with E-state index in [0.717, 1.165) is 0 Å². The van der Waals surface area contributed by atoms with Crippen molar-refractivity contribution in [3.05, 3.63) is 0 Å². The second kappa shape index (κ2) is 46.6. The summed E-state index contributed by atoms with van der Waals surface area (Å²) in [6.07, 6.45) is -131. The summed E-state index contributed by atoms with van der Waals surface area (Å²) in [5.74, 6) is -12.2. The van der Waals surface area contributed by atoms with Crippen molar-refractivity contribution < 1.29 is 311 Å². The molecule has 10 heterocycles. The van der Waals surface area contributed by atoms with Crippen LogP contribution in [0.15, 0.2) is 0 Å². The normalized spacial score (nSPS) is 48.2. The maximum Gasteiger partial charge on any atom is 0.470 e. The van der Waals surface area contributed by atoms with Crippen molar-refractivity contribution in [3.63, 3.8) is 0 Å². The summed E-state index contributed by atoms with van der Waals surface area (Å²) in [5, 5.41) is 377. The van der Waals surface area contributed by atoms with Crippen molar-refractivity contribution >= 4 is 27.6 Å². The van der Waals surface area contributed by atoms with E-state index in [2.05, 4.69) is 0 Å². The van der Waals surface area contributed by atoms with Gasteiger partial charge < -0.3 is 289 Å². The monoisotopic (exact) mass is 2000 g/mol. The van der Waals surface area contributed by atoms with Gasteiger partial charge in [-0.3, -0.25) is 9.05 Å². The van der Waals surface area contributed by atoms with Gasteiger partial charge in [-0.2, -0.15) is 0 Å². The van der Waals surface area contributed by atoms with Gasteiger partial charge in [0, 0.05) is 12.8 Å². The van der Waals surface area contributed by atoms with E-state index in [0.29, 0.717) is 0 Å². The van der Waals surface area contributed by atoms with Crippen LogP contribution in [0.5, 0.6) is 0 Å². The number of rotatable bonds is 39. The van der Waals surface area contributed by atoms with Crippen LogP contribution in [0.25, 0.3) is 0 Å². The van der Waals surface area contributed by atoms with E-state index < -0.39 is 431 Å². The van der Waals surface area contributed by atoms with Gasteiger partial charge >= 0.3 is 27.6 Å². The number of phosphoric acid groups is 2. The summed E-state index contributed by atoms with van der Waals surface area (Å²) in [4.78, 5) is 69.0. The summed E-state index contributed by atoms with van der Waals surface area (Å²) < 4.78 is 147. The van der Waals surface area contributed by atoms with Gasteiger partial charge in [-0.1, -0.05) is 0 Å². The van der Waals surface area contributed by atoms with Crippen LogP contribution >= 0.6 is 15.6 Å². The van der Waals surface area contributed by atoms with Gasteiger partial charge in [0.25, 0.3) is 11.6 Å². The lowest BCUT2D eigenvalue weighted by molar-refractivity contribution is -0.417. The Bertz CT molecular complexity index is 3730. The van der Waals surface area contributed by atoms with Gasteiger partial charge in [0.1, 0.15) is 244 Å². The first kappa shape index (κ1) is 112. The fraction of sp³-hybridized carbons (Fsp3) is 0.970. The predicted octanol–water partition coefficient (Wildman–Crippen LogP) is -24.8. The minimum Gasteiger partial charge on any atom is -0.477 e. The van der Waals surface area contributed by atoms with Crippen LogP contribution < -0.4 is 5.73 Å². The fourth-order valence-corrected chi connectivity index (χ4v) is 17.6. The number of phosphoric ester groups is 2. The number of ether oxygens (including phenoxy) is 19. The van der Waals surface area contributed by atoms with Gasteiger partial charge in [-0.05, 0) is 0 Å². The van der Waals surface area contributed by atoms with Crippen molar-refractivity contribution in [2.45, 2.75) is 337 Å². The summed E-state index contributed by atoms with van der Waals surface area (Å²) >= 11 is 0. The molecule has 776 valence electrons. The molecule has 0 aromatic rings. The lowest BCUT2D eigenvalue weighted by Crippen LogP contribution is -2.71. The van der Waals surface area contributed by atoms with Gasteiger partial charge in [-0.25, -0.2) is 18.7 Å². The highest BCUT2D eigenvalue weighted by molar-refractivity contribution is 7.46. The molecule has 0 amide bonds. The van der Waals surface area contributed by atoms with Crippen LogP contribution in [0.1, 0.15) is 12.8 Å². The molecule has 10 aliphatic rings. The van der Waals surface area contributed by atoms with Crippen molar-refractivity contribution in [1.82, 2.24) is 0 Å². The first-order valence-electron chi connectivity index (χ1n) is 40.6. The third kappa shape index (κ3) is 24.6. The van der Waals surface area contributed by atoms with Crippen LogP contribution in [0, 0.1) is 0 Å². The molecule has 10 rings (SSSR count). The third-order valence-corrected chi connectivity index (χ3v) is 24.6. The Balaban J connectivity index is 1.09. The lowest BCUT2D eigenvalue weighted by Gasteiger charge is -2.52. The highest BCUT2D eigenvalue weighted by Crippen LogP contribution is 2.50. The number of hydrogen-bond donors (Lipinski definition) is 39. The number of aliphatic hydroxyl groups is 32. The van der Waals surface area contributed by atoms with Crippen LogP contribution in [0.3, 0.4) is 0 Å². The number of carbonyl (C=O) groups is 2. The van der Waals surface area contributed by atoms with E-state index in [4.69, 9.17) is 105 Å². The fourth-order valence-electron chi connectivity index (χ4n) is 16.4. The molecule has 10 aliphatic heterocycles. The predicted molar refractivity (Wildman–Crippen MR) is 394 cm³/mol. The minimum absolute atomic E-state index is 1.12. The number of nitrogens with two attached hydrogens (primary N) is 1. The highest BCUT2D eigenvalue weighted by atomic mass is 31.2. The second-order valence-electron chi connectivity index (χ2n) is 32.6. The molecule has 10 saturated heterocycles. The van der Waals surface area contributed by atoms with E-state index in [-0.39, 0.29) is 0 Å². The first-order valence-corrected chi connectivity index (χ1v) is 43.7. The van der Waals surface area contributed by atoms with E-state index in [1.807, 2.05) is 0 Å². The van der Waals surface area contributed by atoms with E-state index in [9.17, 15) is 212 Å². The summed E-state index contributed by atoms with van der Waals surface area (Å²) in [6, 6.07) is -1.98. The molecular weight excluding hydrogens is 1890 g/mol. The Morgan fingerprint density at radius 3 is 1.17 bits per heavy atom. The number of aliphatic carboxylic acids is 2. The number of hydrogen-bond acceptors (Lipinski definition) is 58. The highest BCUT2D eigenvalue weighted by Gasteiger charge is 2.67. The Labute approximate surface area is 745 Å². The standard InChI is InChI=1S/C67H115NO63P2/c68-25-32(90)27(85)20(7-73)112-56(25)122-49-31(89)24(11-77)116-63(55(49)126-62-52(35(93)29(87)22(9-75)115-62)125-58-38(96)33(91)28(86)21(8-74)113-58)121-48-30(88)23(10-76)114-59(39(48)97)123-51-41(99)61(119-45(54(51)131-133(108,109)110)18(83)12-111-57-37(95)34(92)36(94)42(117-57)14(79)3-69)124-50-40(98)60(118-44(16(81)5-71)53(50)130-132(105,106)107)120-47-19(2-66(104,64(100)101)128-46(47)17(82)6-72)127-67(65(102)103)1-13(78)26(84)43(129-67)15(80)4-70/h13-63,69-99,104H,1-12,68H2,(H,100,101)(H,102,103)(H2,105,106,107)(H2,108,109,110)/t13-,14+,15-,16+,17-,18-,19-,20-,21-,22-,23-,24-,25-,26-,27-,28-,29-,30-,31+,32-,33+,34+,35+,36+,37+,38-,39-,40+,41+,42-,43-,44-,45-,46-,47-,48+,49+,50-,51-,52-,53-,54-,55-,56-,57+,58-,59-,60-,61+,62-,63-,66-,67-/m1/s1. The van der Waals surface area contributed by atoms with Crippen LogP contribution in [-0.4, -0.2) is 596 Å². The van der Waals surface area contributed by atoms with Crippen molar-refractivity contribution in [2.24, 2.45) is 5.73 Å². The topological polar surface area (TPSA) is 1060 Å². The molecule has 40 N–H and O–H groups in total. The summed E-state index contributed by atoms with van der Waals surface area (Å²) in [7, 11) is -12.8. The number of carboxylic acids is 2. The van der Waals surface area contributed by atoms with E-state index >= 15 is 0 Å². The van der Waals surface area contributed by atoms with Crippen LogP contribution in [0.4, 0.5) is 0 Å². The number of carboxylic acid groups (broad SMARTS) is 2. The SMILES string of the molecule is N[C@H]1[C@@H](O[C@H]2[C@@H](O)[C@@H](CO)O[C@H](O[C@@H]3[C@@H](O)[C@@H](O[C@@H]4[C@H](O)[C@H](O[C@@H]5[C@H](O)[C@@H](O[C@H]6[C@@H]([C@H](O)CO)O[C@@](O)(C(=O)O)C[C@H]6O[C@]6(C(=O)O)C[C@@H](O)[C@@H](O)[C@@H]([C@H](O)CO)O6)O[C@H]([C@@H](O)CO)[C@H]5OP(=O)(O)O)O[C@H]([C@H](O)CO[C@H]5O[C@H]([C@@H](O)CO)[C@@H](O)[C@H](O)[C@@H]5O)[C@H]4OP(=O)(O)O)O[C@H](CO)[C@H]3O)[C@@H]2O[C@H]2O[C@H](CO)[C@@H](O)[C@H](O)[C@H]2O[C@H]2O[C@H](CO)[C@@H](O)[C@H](O)[C@H]2O)O[C@H](CO)[C@@H](O)[C@@H]1O. The molecule has 64 nitrogen and oxygen atoms in total. The molecule has 0 aliphatic carbocycles. The summed E-state index contributed by atoms with van der Waals surface area (Å²) in [6.45, 7) is -14.1. The summed E-state index contributed by atoms with van der Waals surface area (Å²) in [5.41, 5.74) is 6.25. The zero-order valence-corrected chi connectivity index (χ0v) is 70.4. The zero-order chi connectivity index (χ0) is 98.9. The van der Waals surface area contributed by atoms with Gasteiger partial charge in [-0.15, -0.1) is 0 Å². The molecule has 53 atom stereocenters. The first-order chi connectivity index (χ1) is 62.3. The average molecular weight is 2000 g/mol. The van der Waals surface area contributed by atoms with Gasteiger partial charge in [0.2, 0.25) is 0 Å². The second-order valence-corrected chi connectivity index (χ2v) is 35.0. The maximum absolute atomic E-state index is 13.5. The Kier molecular flexibility index (Phi) is 39.3. The molecule has 0 unspecified atom stereocenters. The van der Waals surface area contributed by atoms with E-state index in [1.54, 1.807) is 0 Å². The van der Waals surface area contributed by atoms with Crippen LogP contribution in [0.2, 0.25) is 0 Å². The van der Waals surface area contributed by atoms with Crippen molar-refractivity contribution in [2.75, 3.05) is 66.1 Å². The average Bonchev–Trinajstić information content (AvgIpc) is 0.600. The number of aliphatic hydroxyl groups excluding tert-OH is 31. The molecule has 10 fully saturated rings. The molecule has 0 aromatic carbocycles. The third-order valence-electron chi connectivity index (χ3n) is 23.6. The van der Waals surface area contributed by atoms with Gasteiger partial charge in [0.05, 0.1) is 84.3 Å². The Morgan fingerprint density at radius 2 is 0.684 bits per heavy atom. The van der Waals surface area contributed by atoms with Crippen LogP contribution in [-0.2, 0) is 118 Å². The molecular formula is C67H115NO63P2.